The summed E-state index contributed by atoms with van der Waals surface area (Å²) in [4.78, 5) is 3.81. The highest BCUT2D eigenvalue weighted by molar-refractivity contribution is 7.94. The van der Waals surface area contributed by atoms with Gasteiger partial charge in [-0.05, 0) is 36.4 Å². The highest BCUT2D eigenvalue weighted by Crippen LogP contribution is 2.32. The number of rotatable bonds is 5. The second-order valence-corrected chi connectivity index (χ2v) is 9.38. The third kappa shape index (κ3) is 3.27. The van der Waals surface area contributed by atoms with E-state index in [9.17, 15) is 21.2 Å². The van der Waals surface area contributed by atoms with Gasteiger partial charge in [-0.25, -0.2) is 21.2 Å². The average molecular weight is 395 g/mol. The maximum Gasteiger partial charge on any atom is 0.258 e. The van der Waals surface area contributed by atoms with Crippen molar-refractivity contribution in [3.8, 4) is 11.5 Å². The van der Waals surface area contributed by atoms with E-state index in [1.807, 2.05) is 0 Å². The van der Waals surface area contributed by atoms with Gasteiger partial charge in [-0.1, -0.05) is 25.1 Å². The number of oxazole rings is 1. The standard InChI is InChI=1S/C17H14FNO5S2/c1-2-25(20,21)17-16(26(22,23)14-6-4-3-5-7-14)19-15(24-17)12-8-10-13(18)11-9-12/h3-11H,2H2,1H3. The Labute approximate surface area is 150 Å². The van der Waals surface area contributed by atoms with Crippen molar-refractivity contribution < 1.29 is 25.6 Å². The molecule has 1 aromatic heterocycles. The molecule has 136 valence electrons. The Bertz CT molecular complexity index is 1140. The number of aromatic nitrogens is 1. The number of halogens is 1. The minimum atomic E-state index is -4.22. The second-order valence-electron chi connectivity index (χ2n) is 5.34. The van der Waals surface area contributed by atoms with E-state index in [1.165, 1.54) is 43.3 Å². The predicted octanol–water partition coefficient (Wildman–Crippen LogP) is 3.11. The van der Waals surface area contributed by atoms with Gasteiger partial charge in [0.15, 0.2) is 0 Å². The van der Waals surface area contributed by atoms with Crippen LogP contribution in [-0.2, 0) is 19.7 Å². The minimum absolute atomic E-state index is 0.105. The summed E-state index contributed by atoms with van der Waals surface area (Å²) in [6, 6.07) is 12.3. The molecule has 1 heterocycles. The Morgan fingerprint density at radius 2 is 1.58 bits per heavy atom. The third-order valence-electron chi connectivity index (χ3n) is 3.63. The SMILES string of the molecule is CCS(=O)(=O)c1oc(-c2ccc(F)cc2)nc1S(=O)(=O)c1ccccc1. The molecular formula is C17H14FNO5S2. The molecule has 0 atom stereocenters. The summed E-state index contributed by atoms with van der Waals surface area (Å²) in [5.74, 6) is -1.08. The number of nitrogens with zero attached hydrogens (tertiary/aromatic N) is 1. The Hall–Kier alpha value is -2.52. The first kappa shape index (κ1) is 18.3. The van der Waals surface area contributed by atoms with Crippen LogP contribution in [0.5, 0.6) is 0 Å². The molecule has 0 aliphatic rings. The summed E-state index contributed by atoms with van der Waals surface area (Å²) in [5.41, 5.74) is 0.258. The lowest BCUT2D eigenvalue weighted by Crippen LogP contribution is -2.10. The molecule has 0 radical (unpaired) electrons. The van der Waals surface area contributed by atoms with E-state index < -0.39 is 35.6 Å². The molecule has 0 unspecified atom stereocenters. The van der Waals surface area contributed by atoms with Gasteiger partial charge in [0.25, 0.3) is 5.09 Å². The van der Waals surface area contributed by atoms with Gasteiger partial charge in [0, 0.05) is 5.56 Å². The Morgan fingerprint density at radius 3 is 2.15 bits per heavy atom. The zero-order valence-electron chi connectivity index (χ0n) is 13.6. The fraction of sp³-hybridized carbons (Fsp3) is 0.118. The van der Waals surface area contributed by atoms with Crippen molar-refractivity contribution in [2.75, 3.05) is 5.75 Å². The van der Waals surface area contributed by atoms with Crippen LogP contribution in [0.1, 0.15) is 6.92 Å². The van der Waals surface area contributed by atoms with Crippen LogP contribution in [0.3, 0.4) is 0 Å². The van der Waals surface area contributed by atoms with E-state index >= 15 is 0 Å². The summed E-state index contributed by atoms with van der Waals surface area (Å²) in [5, 5.41) is -1.40. The van der Waals surface area contributed by atoms with Gasteiger partial charge in [0.1, 0.15) is 5.82 Å². The van der Waals surface area contributed by atoms with E-state index in [0.717, 1.165) is 12.1 Å². The fourth-order valence-electron chi connectivity index (χ4n) is 2.22. The Kier molecular flexibility index (Phi) is 4.68. The molecule has 26 heavy (non-hydrogen) atoms. The van der Waals surface area contributed by atoms with E-state index in [-0.39, 0.29) is 22.1 Å². The molecule has 0 fully saturated rings. The number of hydrogen-bond donors (Lipinski definition) is 0. The van der Waals surface area contributed by atoms with Crippen LogP contribution in [0, 0.1) is 5.82 Å². The highest BCUT2D eigenvalue weighted by Gasteiger charge is 2.34. The van der Waals surface area contributed by atoms with Gasteiger partial charge < -0.3 is 4.42 Å². The molecule has 9 heteroatoms. The lowest BCUT2D eigenvalue weighted by atomic mass is 10.2. The van der Waals surface area contributed by atoms with Crippen LogP contribution in [-0.4, -0.2) is 27.6 Å². The molecule has 0 bridgehead atoms. The van der Waals surface area contributed by atoms with Crippen molar-refractivity contribution in [2.45, 2.75) is 21.9 Å². The zero-order valence-corrected chi connectivity index (χ0v) is 15.2. The van der Waals surface area contributed by atoms with Crippen LogP contribution < -0.4 is 0 Å². The van der Waals surface area contributed by atoms with Gasteiger partial charge in [-0.3, -0.25) is 0 Å². The maximum absolute atomic E-state index is 13.1. The maximum atomic E-state index is 13.1. The molecule has 3 aromatic rings. The summed E-state index contributed by atoms with van der Waals surface area (Å²) in [7, 11) is -8.21. The number of hydrogen-bond acceptors (Lipinski definition) is 6. The molecular weight excluding hydrogens is 381 g/mol. The normalized spacial score (nSPS) is 12.2. The fourth-order valence-corrected chi connectivity index (χ4v) is 4.91. The summed E-state index contributed by atoms with van der Waals surface area (Å²) in [6.07, 6.45) is 0. The topological polar surface area (TPSA) is 94.3 Å². The second kappa shape index (κ2) is 6.65. The van der Waals surface area contributed by atoms with Crippen molar-refractivity contribution >= 4 is 19.7 Å². The first-order valence-corrected chi connectivity index (χ1v) is 10.7. The minimum Gasteiger partial charge on any atom is -0.423 e. The molecule has 0 spiro atoms. The van der Waals surface area contributed by atoms with Crippen molar-refractivity contribution in [3.63, 3.8) is 0 Å². The van der Waals surface area contributed by atoms with E-state index in [2.05, 4.69) is 4.98 Å². The quantitative estimate of drug-likeness (QED) is 0.659. The Morgan fingerprint density at radius 1 is 0.962 bits per heavy atom. The Balaban J connectivity index is 2.26. The lowest BCUT2D eigenvalue weighted by Gasteiger charge is -2.03. The highest BCUT2D eigenvalue weighted by atomic mass is 32.2. The van der Waals surface area contributed by atoms with Gasteiger partial charge in [0.05, 0.1) is 10.6 Å². The first-order chi connectivity index (χ1) is 12.3. The van der Waals surface area contributed by atoms with Crippen LogP contribution in [0.15, 0.2) is 74.0 Å². The molecule has 3 rings (SSSR count). The van der Waals surface area contributed by atoms with Crippen molar-refractivity contribution in [3.05, 3.63) is 60.4 Å². The van der Waals surface area contributed by atoms with Gasteiger partial charge in [0.2, 0.25) is 30.6 Å². The van der Waals surface area contributed by atoms with Crippen LogP contribution >= 0.6 is 0 Å². The van der Waals surface area contributed by atoms with E-state index in [1.54, 1.807) is 6.07 Å². The molecule has 0 aliphatic carbocycles. The van der Waals surface area contributed by atoms with Gasteiger partial charge in [-0.2, -0.15) is 4.98 Å². The molecule has 2 aromatic carbocycles. The zero-order chi connectivity index (χ0) is 18.9. The largest absolute Gasteiger partial charge is 0.423 e. The van der Waals surface area contributed by atoms with E-state index in [0.29, 0.717) is 0 Å². The third-order valence-corrected chi connectivity index (χ3v) is 7.04. The van der Waals surface area contributed by atoms with Crippen molar-refractivity contribution in [1.29, 1.82) is 0 Å². The molecule has 0 amide bonds. The summed E-state index contributed by atoms with van der Waals surface area (Å²) >= 11 is 0. The lowest BCUT2D eigenvalue weighted by molar-refractivity contribution is 0.445. The molecule has 6 nitrogen and oxygen atoms in total. The average Bonchev–Trinajstić information content (AvgIpc) is 3.10. The molecule has 0 N–H and O–H groups in total. The van der Waals surface area contributed by atoms with Gasteiger partial charge >= 0.3 is 0 Å². The summed E-state index contributed by atoms with van der Waals surface area (Å²) < 4.78 is 68.8. The van der Waals surface area contributed by atoms with Crippen LogP contribution in [0.25, 0.3) is 11.5 Å². The van der Waals surface area contributed by atoms with Gasteiger partial charge in [-0.15, -0.1) is 0 Å². The first-order valence-electron chi connectivity index (χ1n) is 7.55. The number of benzene rings is 2. The van der Waals surface area contributed by atoms with E-state index in [4.69, 9.17) is 4.42 Å². The number of sulfone groups is 2. The van der Waals surface area contributed by atoms with Crippen LogP contribution in [0.4, 0.5) is 4.39 Å². The van der Waals surface area contributed by atoms with Crippen molar-refractivity contribution in [1.82, 2.24) is 4.98 Å². The molecule has 0 saturated carbocycles. The van der Waals surface area contributed by atoms with Crippen LogP contribution in [0.2, 0.25) is 0 Å². The smallest absolute Gasteiger partial charge is 0.258 e. The monoisotopic (exact) mass is 395 g/mol. The van der Waals surface area contributed by atoms with Crippen molar-refractivity contribution in [2.24, 2.45) is 0 Å². The molecule has 0 saturated heterocycles. The molecule has 0 aliphatic heterocycles. The predicted molar refractivity (Wildman–Crippen MR) is 91.5 cm³/mol. The summed E-state index contributed by atoms with van der Waals surface area (Å²) in [6.45, 7) is 1.37.